The highest BCUT2D eigenvalue weighted by molar-refractivity contribution is 6.30. The van der Waals surface area contributed by atoms with Crippen molar-refractivity contribution in [2.24, 2.45) is 0 Å². The monoisotopic (exact) mass is 284 g/mol. The molecule has 0 spiro atoms. The highest BCUT2D eigenvalue weighted by Gasteiger charge is 2.15. The van der Waals surface area contributed by atoms with Crippen LogP contribution in [0.25, 0.3) is 0 Å². The maximum Gasteiger partial charge on any atom is 0.242 e. The number of carbonyl (C=O) groups is 1. The van der Waals surface area contributed by atoms with Crippen LogP contribution in [0.2, 0.25) is 5.02 Å². The SMILES string of the molecule is CCN(CC)C(=O)CN(C)c1cc(Cl)ccc1CO. The molecule has 0 fully saturated rings. The summed E-state index contributed by atoms with van der Waals surface area (Å²) in [5.41, 5.74) is 1.55. The number of carbonyl (C=O) groups excluding carboxylic acids is 1. The molecule has 19 heavy (non-hydrogen) atoms. The molecule has 106 valence electrons. The van der Waals surface area contributed by atoms with Crippen LogP contribution in [0.15, 0.2) is 18.2 Å². The van der Waals surface area contributed by atoms with Gasteiger partial charge in [0.2, 0.25) is 5.91 Å². The fourth-order valence-corrected chi connectivity index (χ4v) is 2.16. The van der Waals surface area contributed by atoms with Crippen LogP contribution in [0, 0.1) is 0 Å². The highest BCUT2D eigenvalue weighted by atomic mass is 35.5. The number of anilines is 1. The zero-order chi connectivity index (χ0) is 14.4. The normalized spacial score (nSPS) is 10.4. The van der Waals surface area contributed by atoms with Gasteiger partial charge < -0.3 is 14.9 Å². The van der Waals surface area contributed by atoms with E-state index in [1.54, 1.807) is 23.1 Å². The lowest BCUT2D eigenvalue weighted by Gasteiger charge is -2.25. The molecule has 1 N–H and O–H groups in total. The molecule has 4 nitrogen and oxygen atoms in total. The Kier molecular flexibility index (Phi) is 6.12. The minimum Gasteiger partial charge on any atom is -0.392 e. The second-order valence-corrected chi connectivity index (χ2v) is 4.79. The molecule has 0 saturated carbocycles. The number of rotatable bonds is 6. The van der Waals surface area contributed by atoms with E-state index in [0.717, 1.165) is 11.3 Å². The quantitative estimate of drug-likeness (QED) is 0.870. The molecule has 0 radical (unpaired) electrons. The van der Waals surface area contributed by atoms with Crippen LogP contribution >= 0.6 is 11.6 Å². The summed E-state index contributed by atoms with van der Waals surface area (Å²) >= 11 is 5.97. The molecule has 1 aromatic carbocycles. The molecule has 0 heterocycles. The number of aliphatic hydroxyl groups is 1. The first-order chi connectivity index (χ1) is 9.03. The molecular formula is C14H21ClN2O2. The Morgan fingerprint density at radius 1 is 1.32 bits per heavy atom. The third-order valence-corrected chi connectivity index (χ3v) is 3.35. The molecule has 0 aliphatic rings. The van der Waals surface area contributed by atoms with E-state index >= 15 is 0 Å². The van der Waals surface area contributed by atoms with E-state index in [-0.39, 0.29) is 19.1 Å². The van der Waals surface area contributed by atoms with Gasteiger partial charge in [-0.25, -0.2) is 0 Å². The van der Waals surface area contributed by atoms with Gasteiger partial charge in [-0.3, -0.25) is 4.79 Å². The van der Waals surface area contributed by atoms with Gasteiger partial charge in [0.05, 0.1) is 13.2 Å². The van der Waals surface area contributed by atoms with Gasteiger partial charge in [0, 0.05) is 36.4 Å². The van der Waals surface area contributed by atoms with Crippen LogP contribution < -0.4 is 4.90 Å². The Labute approximate surface area is 119 Å². The predicted molar refractivity (Wildman–Crippen MR) is 78.6 cm³/mol. The summed E-state index contributed by atoms with van der Waals surface area (Å²) in [7, 11) is 1.83. The smallest absolute Gasteiger partial charge is 0.242 e. The van der Waals surface area contributed by atoms with Crippen LogP contribution in [0.5, 0.6) is 0 Å². The van der Waals surface area contributed by atoms with Crippen molar-refractivity contribution in [2.45, 2.75) is 20.5 Å². The minimum absolute atomic E-state index is 0.0661. The van der Waals surface area contributed by atoms with Crippen molar-refractivity contribution in [1.29, 1.82) is 0 Å². The van der Waals surface area contributed by atoms with Crippen LogP contribution in [0.3, 0.4) is 0 Å². The van der Waals surface area contributed by atoms with E-state index in [0.29, 0.717) is 18.1 Å². The molecule has 0 aliphatic carbocycles. The highest BCUT2D eigenvalue weighted by Crippen LogP contribution is 2.24. The minimum atomic E-state index is -0.0731. The lowest BCUT2D eigenvalue weighted by molar-refractivity contribution is -0.129. The lowest BCUT2D eigenvalue weighted by atomic mass is 10.1. The Bertz CT molecular complexity index is 433. The van der Waals surface area contributed by atoms with Gasteiger partial charge in [-0.05, 0) is 26.0 Å². The van der Waals surface area contributed by atoms with Gasteiger partial charge in [-0.2, -0.15) is 0 Å². The molecule has 5 heteroatoms. The van der Waals surface area contributed by atoms with Crippen molar-refractivity contribution in [3.8, 4) is 0 Å². The summed E-state index contributed by atoms with van der Waals surface area (Å²) < 4.78 is 0. The largest absolute Gasteiger partial charge is 0.392 e. The molecule has 1 amide bonds. The number of hydrogen-bond acceptors (Lipinski definition) is 3. The first-order valence-electron chi connectivity index (χ1n) is 6.41. The molecule has 1 aromatic rings. The average molecular weight is 285 g/mol. The van der Waals surface area contributed by atoms with Crippen molar-refractivity contribution < 1.29 is 9.90 Å². The summed E-state index contributed by atoms with van der Waals surface area (Å²) in [5, 5.41) is 9.92. The Morgan fingerprint density at radius 3 is 2.47 bits per heavy atom. The van der Waals surface area contributed by atoms with E-state index < -0.39 is 0 Å². The molecule has 1 rings (SSSR count). The van der Waals surface area contributed by atoms with Gasteiger partial charge in [0.15, 0.2) is 0 Å². The first kappa shape index (κ1) is 15.8. The van der Waals surface area contributed by atoms with Gasteiger partial charge in [0.1, 0.15) is 0 Å². The van der Waals surface area contributed by atoms with Gasteiger partial charge >= 0.3 is 0 Å². The zero-order valence-corrected chi connectivity index (χ0v) is 12.4. The number of nitrogens with zero attached hydrogens (tertiary/aromatic N) is 2. The van der Waals surface area contributed by atoms with Crippen molar-refractivity contribution in [3.05, 3.63) is 28.8 Å². The van der Waals surface area contributed by atoms with E-state index in [2.05, 4.69) is 0 Å². The number of likely N-dealkylation sites (N-methyl/N-ethyl adjacent to an activating group) is 2. The van der Waals surface area contributed by atoms with E-state index in [1.165, 1.54) is 0 Å². The summed E-state index contributed by atoms with van der Waals surface area (Å²) in [5.74, 6) is 0.0661. The Hall–Kier alpha value is -1.26. The van der Waals surface area contributed by atoms with E-state index in [1.807, 2.05) is 25.8 Å². The third kappa shape index (κ3) is 4.11. The van der Waals surface area contributed by atoms with E-state index in [4.69, 9.17) is 11.6 Å². The fourth-order valence-electron chi connectivity index (χ4n) is 1.99. The van der Waals surface area contributed by atoms with E-state index in [9.17, 15) is 9.90 Å². The molecule has 0 unspecified atom stereocenters. The topological polar surface area (TPSA) is 43.8 Å². The van der Waals surface area contributed by atoms with Crippen LogP contribution in [-0.2, 0) is 11.4 Å². The predicted octanol–water partition coefficient (Wildman–Crippen LogP) is 2.14. The average Bonchev–Trinajstić information content (AvgIpc) is 2.40. The summed E-state index contributed by atoms with van der Waals surface area (Å²) in [6, 6.07) is 5.27. The van der Waals surface area contributed by atoms with Crippen LogP contribution in [-0.4, -0.2) is 42.6 Å². The van der Waals surface area contributed by atoms with Gasteiger partial charge in [-0.1, -0.05) is 17.7 Å². The molecular weight excluding hydrogens is 264 g/mol. The Morgan fingerprint density at radius 2 is 1.95 bits per heavy atom. The number of amides is 1. The summed E-state index contributed by atoms with van der Waals surface area (Å²) in [4.78, 5) is 15.7. The number of hydrogen-bond donors (Lipinski definition) is 1. The molecule has 0 aliphatic heterocycles. The van der Waals surface area contributed by atoms with Crippen molar-refractivity contribution in [2.75, 3.05) is 31.6 Å². The lowest BCUT2D eigenvalue weighted by Crippen LogP contribution is -2.39. The van der Waals surface area contributed by atoms with Crippen LogP contribution in [0.4, 0.5) is 5.69 Å². The van der Waals surface area contributed by atoms with Gasteiger partial charge in [-0.15, -0.1) is 0 Å². The summed E-state index contributed by atoms with van der Waals surface area (Å²) in [6.45, 7) is 5.52. The fraction of sp³-hybridized carbons (Fsp3) is 0.500. The zero-order valence-electron chi connectivity index (χ0n) is 11.7. The maximum absolute atomic E-state index is 12.1. The van der Waals surface area contributed by atoms with Gasteiger partial charge in [0.25, 0.3) is 0 Å². The number of aliphatic hydroxyl groups excluding tert-OH is 1. The number of halogens is 1. The number of benzene rings is 1. The third-order valence-electron chi connectivity index (χ3n) is 3.12. The first-order valence-corrected chi connectivity index (χ1v) is 6.79. The second-order valence-electron chi connectivity index (χ2n) is 4.35. The van der Waals surface area contributed by atoms with Crippen molar-refractivity contribution in [3.63, 3.8) is 0 Å². The van der Waals surface area contributed by atoms with Crippen molar-refractivity contribution >= 4 is 23.2 Å². The van der Waals surface area contributed by atoms with Crippen molar-refractivity contribution in [1.82, 2.24) is 4.90 Å². The molecule has 0 aromatic heterocycles. The molecule has 0 saturated heterocycles. The second kappa shape index (κ2) is 7.36. The maximum atomic E-state index is 12.1. The molecule has 0 atom stereocenters. The summed E-state index contributed by atoms with van der Waals surface area (Å²) in [6.07, 6.45) is 0. The van der Waals surface area contributed by atoms with Crippen LogP contribution in [0.1, 0.15) is 19.4 Å². The Balaban J connectivity index is 2.85. The molecule has 0 bridgehead atoms. The standard InChI is InChI=1S/C14H21ClN2O2/c1-4-17(5-2)14(19)9-16(3)13-8-12(15)7-6-11(13)10-18/h6-8,18H,4-5,9-10H2,1-3H3.